The molecule has 0 fully saturated rings. The Balaban J connectivity index is 4.29. The Hall–Kier alpha value is -2.11. The van der Waals surface area contributed by atoms with Crippen molar-refractivity contribution in [3.8, 4) is 0 Å². The molecule has 0 saturated carbocycles. The molecule has 0 bridgehead atoms. The molecule has 6 nitrogen and oxygen atoms in total. The predicted octanol–water partition coefficient (Wildman–Crippen LogP) is 17.5. The second-order valence-electron chi connectivity index (χ2n) is 18.2. The van der Waals surface area contributed by atoms with E-state index < -0.39 is 6.10 Å². The topological polar surface area (TPSA) is 78.9 Å². The highest BCUT2D eigenvalue weighted by atomic mass is 16.6. The fourth-order valence-electron chi connectivity index (χ4n) is 7.89. The highest BCUT2D eigenvalue weighted by Crippen LogP contribution is 2.16. The Morgan fingerprint density at radius 3 is 0.934 bits per heavy atom. The summed E-state index contributed by atoms with van der Waals surface area (Å²) in [6.45, 7) is 6.63. The van der Waals surface area contributed by atoms with E-state index in [1.54, 1.807) is 0 Å². The highest BCUT2D eigenvalue weighted by Gasteiger charge is 2.19. The molecule has 61 heavy (non-hydrogen) atoms. The lowest BCUT2D eigenvalue weighted by Gasteiger charge is -2.18. The monoisotopic (exact) mass is 859 g/mol. The summed E-state index contributed by atoms with van der Waals surface area (Å²) in [5, 5.41) is 0. The zero-order valence-electron chi connectivity index (χ0n) is 40.9. The van der Waals surface area contributed by atoms with Gasteiger partial charge in [0.05, 0.1) is 0 Å². The van der Waals surface area contributed by atoms with Crippen molar-refractivity contribution in [2.24, 2.45) is 0 Å². The molecule has 1 atom stereocenters. The molecule has 0 aliphatic carbocycles. The SMILES string of the molecule is CCCCC/C=C\C/C=C\CCCCCCCCCCCC(=O)OCC(COC(=O)CCCCCCCCCCCCCC)OC(=O)CCCCCCCCCCCCCC. The van der Waals surface area contributed by atoms with E-state index >= 15 is 0 Å². The van der Waals surface area contributed by atoms with Gasteiger partial charge in [0.1, 0.15) is 13.2 Å². The van der Waals surface area contributed by atoms with Crippen molar-refractivity contribution in [3.05, 3.63) is 24.3 Å². The average molecular weight is 859 g/mol. The number of hydrogen-bond donors (Lipinski definition) is 0. The summed E-state index contributed by atoms with van der Waals surface area (Å²) < 4.78 is 16.8. The third-order valence-electron chi connectivity index (χ3n) is 12.0. The summed E-state index contributed by atoms with van der Waals surface area (Å²) in [7, 11) is 0. The van der Waals surface area contributed by atoms with E-state index in [-0.39, 0.29) is 31.1 Å². The molecular weight excluding hydrogens is 757 g/mol. The zero-order valence-corrected chi connectivity index (χ0v) is 40.9. The summed E-state index contributed by atoms with van der Waals surface area (Å²) in [5.74, 6) is -0.857. The molecule has 0 aliphatic heterocycles. The molecule has 358 valence electrons. The van der Waals surface area contributed by atoms with Crippen LogP contribution in [0.5, 0.6) is 0 Å². The number of carbonyl (C=O) groups is 3. The third kappa shape index (κ3) is 48.8. The normalized spacial score (nSPS) is 12.1. The molecule has 0 amide bonds. The van der Waals surface area contributed by atoms with E-state index in [0.717, 1.165) is 64.2 Å². The van der Waals surface area contributed by atoms with Gasteiger partial charge in [-0.2, -0.15) is 0 Å². The first-order valence-corrected chi connectivity index (χ1v) is 26.8. The van der Waals surface area contributed by atoms with Crippen LogP contribution in [0.1, 0.15) is 290 Å². The van der Waals surface area contributed by atoms with Gasteiger partial charge in [0.15, 0.2) is 6.10 Å². The number of unbranched alkanes of at least 4 members (excludes halogenated alkanes) is 34. The Morgan fingerprint density at radius 1 is 0.328 bits per heavy atom. The Bertz CT molecular complexity index is 989. The van der Waals surface area contributed by atoms with Crippen LogP contribution in [-0.2, 0) is 28.6 Å². The lowest BCUT2D eigenvalue weighted by atomic mass is 10.0. The van der Waals surface area contributed by atoms with Gasteiger partial charge >= 0.3 is 17.9 Å². The van der Waals surface area contributed by atoms with Gasteiger partial charge in [0.25, 0.3) is 0 Å². The highest BCUT2D eigenvalue weighted by molar-refractivity contribution is 5.71. The van der Waals surface area contributed by atoms with Gasteiger partial charge in [-0.1, -0.05) is 244 Å². The quantitative estimate of drug-likeness (QED) is 0.0262. The number of ether oxygens (including phenoxy) is 3. The van der Waals surface area contributed by atoms with Crippen LogP contribution < -0.4 is 0 Å². The van der Waals surface area contributed by atoms with E-state index in [4.69, 9.17) is 14.2 Å². The minimum absolute atomic E-state index is 0.0674. The van der Waals surface area contributed by atoms with Gasteiger partial charge in [-0.3, -0.25) is 14.4 Å². The van der Waals surface area contributed by atoms with Crippen LogP contribution in [0, 0.1) is 0 Å². The molecule has 6 heteroatoms. The van der Waals surface area contributed by atoms with Gasteiger partial charge in [0.2, 0.25) is 0 Å². The molecule has 0 radical (unpaired) electrons. The van der Waals surface area contributed by atoms with Crippen LogP contribution in [0.2, 0.25) is 0 Å². The largest absolute Gasteiger partial charge is 0.462 e. The minimum atomic E-state index is -0.766. The van der Waals surface area contributed by atoms with Crippen molar-refractivity contribution >= 4 is 17.9 Å². The van der Waals surface area contributed by atoms with Crippen molar-refractivity contribution in [1.29, 1.82) is 0 Å². The first-order chi connectivity index (χ1) is 30.0. The number of allylic oxidation sites excluding steroid dienone is 4. The van der Waals surface area contributed by atoms with Gasteiger partial charge in [-0.25, -0.2) is 0 Å². The second-order valence-corrected chi connectivity index (χ2v) is 18.2. The van der Waals surface area contributed by atoms with Crippen LogP contribution in [0.3, 0.4) is 0 Å². The Kier molecular flexibility index (Phi) is 48.8. The van der Waals surface area contributed by atoms with Crippen LogP contribution in [0.25, 0.3) is 0 Å². The predicted molar refractivity (Wildman–Crippen MR) is 261 cm³/mol. The molecule has 0 rings (SSSR count). The van der Waals surface area contributed by atoms with Gasteiger partial charge in [-0.15, -0.1) is 0 Å². The molecule has 0 aromatic heterocycles. The van der Waals surface area contributed by atoms with Crippen LogP contribution >= 0.6 is 0 Å². The maximum absolute atomic E-state index is 12.8. The third-order valence-corrected chi connectivity index (χ3v) is 12.0. The van der Waals surface area contributed by atoms with Crippen molar-refractivity contribution in [3.63, 3.8) is 0 Å². The first-order valence-electron chi connectivity index (χ1n) is 26.8. The maximum atomic E-state index is 12.8. The molecule has 0 saturated heterocycles. The summed E-state index contributed by atoms with van der Waals surface area (Å²) in [5.41, 5.74) is 0. The zero-order chi connectivity index (χ0) is 44.4. The van der Waals surface area contributed by atoms with Gasteiger partial charge < -0.3 is 14.2 Å². The number of hydrogen-bond acceptors (Lipinski definition) is 6. The summed E-state index contributed by atoms with van der Waals surface area (Å²) >= 11 is 0. The fraction of sp³-hybridized carbons (Fsp3) is 0.873. The first kappa shape index (κ1) is 58.9. The fourth-order valence-corrected chi connectivity index (χ4v) is 7.89. The lowest BCUT2D eigenvalue weighted by molar-refractivity contribution is -0.167. The van der Waals surface area contributed by atoms with E-state index in [1.165, 1.54) is 186 Å². The molecule has 0 aliphatic rings. The number of esters is 3. The summed E-state index contributed by atoms with van der Waals surface area (Å²) in [6, 6.07) is 0. The Labute approximate surface area is 379 Å². The molecule has 0 aromatic carbocycles. The van der Waals surface area contributed by atoms with Crippen LogP contribution in [0.4, 0.5) is 0 Å². The minimum Gasteiger partial charge on any atom is -0.462 e. The number of carbonyl (C=O) groups excluding carboxylic acids is 3. The van der Waals surface area contributed by atoms with E-state index in [1.807, 2.05) is 0 Å². The lowest BCUT2D eigenvalue weighted by Crippen LogP contribution is -2.30. The molecule has 0 N–H and O–H groups in total. The standard InChI is InChI=1S/C55H102O6/c1-4-7-10-13-16-19-22-25-26-27-28-29-30-31-34-36-39-42-45-48-54(57)60-51-52(61-55(58)49-46-43-40-37-33-24-21-18-15-12-9-6-3)50-59-53(56)47-44-41-38-35-32-23-20-17-14-11-8-5-2/h16,19,25-26,52H,4-15,17-18,20-24,27-51H2,1-3H3/b19-16-,26-25-. The summed E-state index contributed by atoms with van der Waals surface area (Å²) in [6.07, 6.45) is 57.3. The molecule has 1 unspecified atom stereocenters. The molecule has 0 spiro atoms. The van der Waals surface area contributed by atoms with Gasteiger partial charge in [-0.05, 0) is 51.4 Å². The van der Waals surface area contributed by atoms with Gasteiger partial charge in [0, 0.05) is 19.3 Å². The van der Waals surface area contributed by atoms with Crippen molar-refractivity contribution in [2.75, 3.05) is 13.2 Å². The molecule has 0 aromatic rings. The van der Waals surface area contributed by atoms with Crippen molar-refractivity contribution in [2.45, 2.75) is 297 Å². The van der Waals surface area contributed by atoms with E-state index in [9.17, 15) is 14.4 Å². The van der Waals surface area contributed by atoms with E-state index in [2.05, 4.69) is 45.1 Å². The second kappa shape index (κ2) is 50.5. The molecule has 0 heterocycles. The van der Waals surface area contributed by atoms with Crippen molar-refractivity contribution < 1.29 is 28.6 Å². The smallest absolute Gasteiger partial charge is 0.306 e. The summed E-state index contributed by atoms with van der Waals surface area (Å²) in [4.78, 5) is 38.0. The van der Waals surface area contributed by atoms with Crippen LogP contribution in [0.15, 0.2) is 24.3 Å². The average Bonchev–Trinajstić information content (AvgIpc) is 3.26. The number of rotatable bonds is 49. The maximum Gasteiger partial charge on any atom is 0.306 e. The van der Waals surface area contributed by atoms with Crippen molar-refractivity contribution in [1.82, 2.24) is 0 Å². The van der Waals surface area contributed by atoms with E-state index in [0.29, 0.717) is 19.3 Å². The Morgan fingerprint density at radius 2 is 0.590 bits per heavy atom. The molecular formula is C55H102O6. The van der Waals surface area contributed by atoms with Crippen LogP contribution in [-0.4, -0.2) is 37.2 Å².